The Bertz CT molecular complexity index is 1020. The standard InChI is InChI=1S/C19H20N4O6/c24-15(11-20-5-7-29-8-6-20)12-21-18-3-1-13(22(25)26)9-16(18)17-10-14(23(27)28)2-4-19(17)21/h1-4,9-10,15,24H,5-8,11-12H2. The summed E-state index contributed by atoms with van der Waals surface area (Å²) in [6.07, 6.45) is -0.669. The van der Waals surface area contributed by atoms with E-state index in [2.05, 4.69) is 4.90 Å². The fourth-order valence-corrected chi connectivity index (χ4v) is 3.85. The third-order valence-corrected chi connectivity index (χ3v) is 5.22. The Labute approximate surface area is 165 Å². The van der Waals surface area contributed by atoms with Crippen molar-refractivity contribution in [1.29, 1.82) is 0 Å². The van der Waals surface area contributed by atoms with Gasteiger partial charge in [-0.25, -0.2) is 0 Å². The maximum Gasteiger partial charge on any atom is 0.270 e. The molecule has 4 rings (SSSR count). The number of non-ortho nitro benzene ring substituents is 2. The van der Waals surface area contributed by atoms with E-state index in [0.29, 0.717) is 41.6 Å². The van der Waals surface area contributed by atoms with Gasteiger partial charge in [0.25, 0.3) is 11.4 Å². The molecule has 1 aliphatic rings. The largest absolute Gasteiger partial charge is 0.390 e. The highest BCUT2D eigenvalue weighted by Crippen LogP contribution is 2.34. The highest BCUT2D eigenvalue weighted by atomic mass is 16.6. The van der Waals surface area contributed by atoms with E-state index < -0.39 is 16.0 Å². The van der Waals surface area contributed by atoms with E-state index in [1.807, 2.05) is 4.57 Å². The second kappa shape index (κ2) is 7.74. The second-order valence-corrected chi connectivity index (χ2v) is 7.09. The summed E-state index contributed by atoms with van der Waals surface area (Å²) in [5, 5.41) is 34.2. The molecule has 1 saturated heterocycles. The monoisotopic (exact) mass is 400 g/mol. The number of benzene rings is 2. The van der Waals surface area contributed by atoms with Gasteiger partial charge in [-0.3, -0.25) is 25.1 Å². The third-order valence-electron chi connectivity index (χ3n) is 5.22. The quantitative estimate of drug-likeness (QED) is 0.497. The fourth-order valence-electron chi connectivity index (χ4n) is 3.85. The van der Waals surface area contributed by atoms with Crippen LogP contribution in [0.25, 0.3) is 21.8 Å². The number of nitro benzene ring substituents is 2. The zero-order valence-electron chi connectivity index (χ0n) is 15.6. The highest BCUT2D eigenvalue weighted by Gasteiger charge is 2.21. The number of nitrogens with zero attached hydrogens (tertiary/aromatic N) is 4. The summed E-state index contributed by atoms with van der Waals surface area (Å²) < 4.78 is 7.19. The first-order valence-electron chi connectivity index (χ1n) is 9.27. The summed E-state index contributed by atoms with van der Waals surface area (Å²) >= 11 is 0. The molecule has 1 aliphatic heterocycles. The Morgan fingerprint density at radius 1 is 0.931 bits per heavy atom. The van der Waals surface area contributed by atoms with Crippen molar-refractivity contribution in [3.63, 3.8) is 0 Å². The molecular formula is C19H20N4O6. The molecule has 29 heavy (non-hydrogen) atoms. The molecule has 3 aromatic rings. The maximum absolute atomic E-state index is 11.2. The normalized spacial score (nSPS) is 16.3. The van der Waals surface area contributed by atoms with Gasteiger partial charge in [0.15, 0.2) is 0 Å². The molecule has 0 bridgehead atoms. The molecule has 1 N–H and O–H groups in total. The van der Waals surface area contributed by atoms with Gasteiger partial charge in [-0.1, -0.05) is 0 Å². The number of fused-ring (bicyclic) bond motifs is 3. The first kappa shape index (κ1) is 19.2. The summed E-state index contributed by atoms with van der Waals surface area (Å²) in [5.41, 5.74) is 1.20. The first-order chi connectivity index (χ1) is 13.9. The average Bonchev–Trinajstić information content (AvgIpc) is 3.01. The Hall–Kier alpha value is -3.08. The van der Waals surface area contributed by atoms with Crippen LogP contribution in [0.2, 0.25) is 0 Å². The molecule has 1 atom stereocenters. The lowest BCUT2D eigenvalue weighted by atomic mass is 10.1. The van der Waals surface area contributed by atoms with Crippen molar-refractivity contribution in [3.05, 3.63) is 56.6 Å². The van der Waals surface area contributed by atoms with Crippen molar-refractivity contribution in [2.24, 2.45) is 0 Å². The third kappa shape index (κ3) is 3.77. The van der Waals surface area contributed by atoms with Gasteiger partial charge in [-0.2, -0.15) is 0 Å². The number of hydrogen-bond donors (Lipinski definition) is 1. The number of ether oxygens (including phenoxy) is 1. The number of hydrogen-bond acceptors (Lipinski definition) is 7. The van der Waals surface area contributed by atoms with Crippen LogP contribution in [-0.2, 0) is 11.3 Å². The second-order valence-electron chi connectivity index (χ2n) is 7.09. The van der Waals surface area contributed by atoms with E-state index in [1.54, 1.807) is 12.1 Å². The van der Waals surface area contributed by atoms with Crippen LogP contribution < -0.4 is 0 Å². The average molecular weight is 400 g/mol. The van der Waals surface area contributed by atoms with Crippen LogP contribution in [0.15, 0.2) is 36.4 Å². The number of aromatic nitrogens is 1. The Morgan fingerprint density at radius 3 is 1.93 bits per heavy atom. The molecule has 0 saturated carbocycles. The molecule has 2 heterocycles. The number of aliphatic hydroxyl groups is 1. The lowest BCUT2D eigenvalue weighted by Gasteiger charge is -2.28. The van der Waals surface area contributed by atoms with E-state index in [1.165, 1.54) is 24.3 Å². The van der Waals surface area contributed by atoms with E-state index >= 15 is 0 Å². The number of β-amino-alcohol motifs (C(OH)–C–C–N with tert-alkyl or cyclic N) is 1. The Kier molecular flexibility index (Phi) is 5.14. The Balaban J connectivity index is 1.76. The molecule has 0 aliphatic carbocycles. The minimum absolute atomic E-state index is 0.0862. The van der Waals surface area contributed by atoms with Gasteiger partial charge in [0, 0.05) is 65.7 Å². The number of rotatable bonds is 6. The minimum Gasteiger partial charge on any atom is -0.390 e. The van der Waals surface area contributed by atoms with Crippen molar-refractivity contribution in [3.8, 4) is 0 Å². The van der Waals surface area contributed by atoms with Crippen molar-refractivity contribution in [2.75, 3.05) is 32.8 Å². The van der Waals surface area contributed by atoms with Gasteiger partial charge >= 0.3 is 0 Å². The SMILES string of the molecule is O=[N+]([O-])c1ccc2c(c1)c1cc([N+](=O)[O-])ccc1n2CC(O)CN1CCOCC1. The molecule has 0 spiro atoms. The van der Waals surface area contributed by atoms with Crippen LogP contribution >= 0.6 is 0 Å². The summed E-state index contributed by atoms with van der Waals surface area (Å²) in [6.45, 7) is 3.52. The van der Waals surface area contributed by atoms with Crippen LogP contribution in [0.4, 0.5) is 11.4 Å². The van der Waals surface area contributed by atoms with Crippen LogP contribution in [0, 0.1) is 20.2 Å². The van der Waals surface area contributed by atoms with Crippen molar-refractivity contribution < 1.29 is 19.7 Å². The van der Waals surface area contributed by atoms with Crippen LogP contribution in [0.3, 0.4) is 0 Å². The van der Waals surface area contributed by atoms with Gasteiger partial charge in [-0.15, -0.1) is 0 Å². The zero-order valence-corrected chi connectivity index (χ0v) is 15.6. The van der Waals surface area contributed by atoms with Gasteiger partial charge in [0.2, 0.25) is 0 Å². The van der Waals surface area contributed by atoms with Crippen molar-refractivity contribution in [1.82, 2.24) is 9.47 Å². The lowest BCUT2D eigenvalue weighted by Crippen LogP contribution is -2.42. The minimum atomic E-state index is -0.669. The van der Waals surface area contributed by atoms with Gasteiger partial charge in [-0.05, 0) is 12.1 Å². The van der Waals surface area contributed by atoms with Crippen LogP contribution in [-0.4, -0.2) is 63.4 Å². The van der Waals surface area contributed by atoms with Gasteiger partial charge < -0.3 is 14.4 Å². The van der Waals surface area contributed by atoms with Crippen molar-refractivity contribution >= 4 is 33.2 Å². The van der Waals surface area contributed by atoms with Crippen LogP contribution in [0.5, 0.6) is 0 Å². The van der Waals surface area contributed by atoms with E-state index in [-0.39, 0.29) is 17.9 Å². The molecule has 1 fully saturated rings. The summed E-state index contributed by atoms with van der Waals surface area (Å²) in [4.78, 5) is 23.5. The molecular weight excluding hydrogens is 380 g/mol. The topological polar surface area (TPSA) is 124 Å². The number of aliphatic hydroxyl groups excluding tert-OH is 1. The molecule has 10 nitrogen and oxygen atoms in total. The summed E-state index contributed by atoms with van der Waals surface area (Å²) in [6, 6.07) is 8.90. The summed E-state index contributed by atoms with van der Waals surface area (Å²) in [5.74, 6) is 0. The molecule has 2 aromatic carbocycles. The molecule has 10 heteroatoms. The van der Waals surface area contributed by atoms with E-state index in [9.17, 15) is 25.3 Å². The van der Waals surface area contributed by atoms with E-state index in [4.69, 9.17) is 4.74 Å². The zero-order chi connectivity index (χ0) is 20.5. The van der Waals surface area contributed by atoms with Crippen molar-refractivity contribution in [2.45, 2.75) is 12.6 Å². The molecule has 1 aromatic heterocycles. The Morgan fingerprint density at radius 2 is 1.45 bits per heavy atom. The fraction of sp³-hybridized carbons (Fsp3) is 0.368. The maximum atomic E-state index is 11.2. The predicted octanol–water partition coefficient (Wildman–Crippen LogP) is 2.30. The van der Waals surface area contributed by atoms with Crippen LogP contribution in [0.1, 0.15) is 0 Å². The molecule has 1 unspecified atom stereocenters. The molecule has 0 radical (unpaired) electrons. The lowest BCUT2D eigenvalue weighted by molar-refractivity contribution is -0.385. The highest BCUT2D eigenvalue weighted by molar-refractivity contribution is 6.09. The van der Waals surface area contributed by atoms with Gasteiger partial charge in [0.05, 0.1) is 35.7 Å². The number of morpholine rings is 1. The molecule has 152 valence electrons. The predicted molar refractivity (Wildman–Crippen MR) is 106 cm³/mol. The summed E-state index contributed by atoms with van der Waals surface area (Å²) in [7, 11) is 0. The first-order valence-corrected chi connectivity index (χ1v) is 9.27. The van der Waals surface area contributed by atoms with E-state index in [0.717, 1.165) is 13.1 Å². The molecule has 0 amide bonds. The van der Waals surface area contributed by atoms with Gasteiger partial charge in [0.1, 0.15) is 0 Å². The smallest absolute Gasteiger partial charge is 0.270 e. The number of nitro groups is 2.